The van der Waals surface area contributed by atoms with Gasteiger partial charge in [0, 0.05) is 43.6 Å². The molecule has 1 N–H and O–H groups in total. The summed E-state index contributed by atoms with van der Waals surface area (Å²) in [5.74, 6) is -1.09. The van der Waals surface area contributed by atoms with Crippen molar-refractivity contribution in [3.63, 3.8) is 0 Å². The van der Waals surface area contributed by atoms with Gasteiger partial charge in [0.15, 0.2) is 0 Å². The normalized spacial score (nSPS) is 29.0. The number of hydrogen-bond acceptors (Lipinski definition) is 4. The van der Waals surface area contributed by atoms with Crippen molar-refractivity contribution in [2.75, 3.05) is 26.3 Å². The van der Waals surface area contributed by atoms with Crippen LogP contribution in [0, 0.1) is 11.3 Å². The van der Waals surface area contributed by atoms with Crippen LogP contribution in [-0.4, -0.2) is 53.2 Å². The Morgan fingerprint density at radius 1 is 1.40 bits per heavy atom. The fourth-order valence-corrected chi connectivity index (χ4v) is 3.13. The summed E-state index contributed by atoms with van der Waals surface area (Å²) in [6.07, 6.45) is 3.59. The van der Waals surface area contributed by atoms with Gasteiger partial charge in [-0.1, -0.05) is 0 Å². The molecule has 0 aromatic carbocycles. The molecule has 2 atom stereocenters. The Morgan fingerprint density at radius 2 is 2.15 bits per heavy atom. The average Bonchev–Trinajstić information content (AvgIpc) is 2.88. The minimum absolute atomic E-state index is 0.125. The van der Waals surface area contributed by atoms with E-state index in [9.17, 15) is 14.7 Å². The highest BCUT2D eigenvalue weighted by atomic mass is 16.5. The van der Waals surface area contributed by atoms with Gasteiger partial charge in [-0.25, -0.2) is 0 Å². The second-order valence-electron chi connectivity index (χ2n) is 5.40. The van der Waals surface area contributed by atoms with Crippen LogP contribution in [0.1, 0.15) is 16.8 Å². The molecule has 0 bridgehead atoms. The van der Waals surface area contributed by atoms with Crippen LogP contribution in [0.5, 0.6) is 0 Å². The van der Waals surface area contributed by atoms with Crippen LogP contribution in [0.4, 0.5) is 0 Å². The van der Waals surface area contributed by atoms with E-state index in [2.05, 4.69) is 4.98 Å². The molecule has 6 heteroatoms. The fourth-order valence-electron chi connectivity index (χ4n) is 3.13. The summed E-state index contributed by atoms with van der Waals surface area (Å²) >= 11 is 0. The van der Waals surface area contributed by atoms with Crippen LogP contribution in [0.15, 0.2) is 24.5 Å². The number of pyridine rings is 1. The average molecular weight is 276 g/mol. The number of likely N-dealkylation sites (tertiary alicyclic amines) is 1. The van der Waals surface area contributed by atoms with Crippen LogP contribution in [-0.2, 0) is 9.53 Å². The number of hydrogen-bond donors (Lipinski definition) is 1. The molecule has 3 heterocycles. The number of rotatable bonds is 2. The number of aromatic nitrogens is 1. The predicted octanol–water partition coefficient (Wildman–Crippen LogP) is 0.645. The van der Waals surface area contributed by atoms with Crippen molar-refractivity contribution >= 4 is 11.9 Å². The zero-order chi connectivity index (χ0) is 14.2. The van der Waals surface area contributed by atoms with E-state index in [4.69, 9.17) is 4.74 Å². The van der Waals surface area contributed by atoms with E-state index < -0.39 is 11.4 Å². The Bertz CT molecular complexity index is 533. The lowest BCUT2D eigenvalue weighted by Crippen LogP contribution is -2.45. The van der Waals surface area contributed by atoms with E-state index in [0.29, 0.717) is 31.7 Å². The van der Waals surface area contributed by atoms with Crippen LogP contribution in [0.3, 0.4) is 0 Å². The largest absolute Gasteiger partial charge is 0.481 e. The number of carboxylic acids is 1. The molecular weight excluding hydrogens is 260 g/mol. The fraction of sp³-hybridized carbons (Fsp3) is 0.500. The summed E-state index contributed by atoms with van der Waals surface area (Å²) in [4.78, 5) is 29.6. The third kappa shape index (κ3) is 1.96. The van der Waals surface area contributed by atoms with Crippen molar-refractivity contribution in [2.24, 2.45) is 11.3 Å². The van der Waals surface area contributed by atoms with Crippen molar-refractivity contribution in [3.05, 3.63) is 30.1 Å². The molecule has 0 saturated carbocycles. The van der Waals surface area contributed by atoms with E-state index in [1.807, 2.05) is 0 Å². The number of carboxylic acid groups (broad SMARTS) is 1. The highest BCUT2D eigenvalue weighted by molar-refractivity contribution is 5.95. The third-order valence-corrected chi connectivity index (χ3v) is 4.35. The monoisotopic (exact) mass is 276 g/mol. The molecule has 1 aromatic rings. The summed E-state index contributed by atoms with van der Waals surface area (Å²) in [6, 6.07) is 3.29. The van der Waals surface area contributed by atoms with Gasteiger partial charge in [-0.05, 0) is 18.6 Å². The molecule has 0 spiro atoms. The van der Waals surface area contributed by atoms with Gasteiger partial charge in [-0.15, -0.1) is 0 Å². The smallest absolute Gasteiger partial charge is 0.311 e. The van der Waals surface area contributed by atoms with Crippen molar-refractivity contribution in [2.45, 2.75) is 6.42 Å². The molecule has 2 saturated heterocycles. The minimum Gasteiger partial charge on any atom is -0.481 e. The van der Waals surface area contributed by atoms with Crippen molar-refractivity contribution < 1.29 is 19.4 Å². The summed E-state index contributed by atoms with van der Waals surface area (Å²) in [6.45, 7) is 1.55. The molecular formula is C14H16N2O4. The van der Waals surface area contributed by atoms with E-state index in [0.717, 1.165) is 0 Å². The van der Waals surface area contributed by atoms with E-state index >= 15 is 0 Å². The van der Waals surface area contributed by atoms with Gasteiger partial charge >= 0.3 is 5.97 Å². The molecule has 20 heavy (non-hydrogen) atoms. The first kappa shape index (κ1) is 13.1. The summed E-state index contributed by atoms with van der Waals surface area (Å²) in [5, 5.41) is 9.57. The molecule has 2 aliphatic rings. The zero-order valence-electron chi connectivity index (χ0n) is 11.0. The second kappa shape index (κ2) is 4.86. The zero-order valence-corrected chi connectivity index (χ0v) is 11.0. The number of carbonyl (C=O) groups is 2. The SMILES string of the molecule is O=C(c1ccncc1)N1C[C@H]2COCC[C@@]2(C(=O)O)C1. The number of fused-ring (bicyclic) bond motifs is 1. The molecule has 0 radical (unpaired) electrons. The first-order valence-corrected chi connectivity index (χ1v) is 6.64. The molecule has 6 nitrogen and oxygen atoms in total. The molecule has 106 valence electrons. The number of nitrogens with zero attached hydrogens (tertiary/aromatic N) is 2. The lowest BCUT2D eigenvalue weighted by atomic mass is 9.74. The number of aliphatic carboxylic acids is 1. The van der Waals surface area contributed by atoms with E-state index in [1.165, 1.54) is 0 Å². The third-order valence-electron chi connectivity index (χ3n) is 4.35. The molecule has 0 unspecified atom stereocenters. The van der Waals surface area contributed by atoms with Gasteiger partial charge in [0.1, 0.15) is 0 Å². The molecule has 2 aliphatic heterocycles. The summed E-state index contributed by atoms with van der Waals surface area (Å²) in [5.41, 5.74) is -0.305. The van der Waals surface area contributed by atoms with Crippen LogP contribution < -0.4 is 0 Å². The highest BCUT2D eigenvalue weighted by Gasteiger charge is 2.54. The molecule has 3 rings (SSSR count). The first-order valence-electron chi connectivity index (χ1n) is 6.64. The first-order chi connectivity index (χ1) is 9.63. The lowest BCUT2D eigenvalue weighted by Gasteiger charge is -2.33. The standard InChI is InChI=1S/C14H16N2O4/c17-12(10-1-4-15-5-2-10)16-7-11-8-20-6-3-14(11,9-16)13(18)19/h1-2,4-5,11H,3,6-9H2,(H,18,19)/t11-,14+/m0/s1. The predicted molar refractivity (Wildman–Crippen MR) is 69.1 cm³/mol. The molecule has 2 fully saturated rings. The topological polar surface area (TPSA) is 79.7 Å². The maximum Gasteiger partial charge on any atom is 0.311 e. The number of amides is 1. The van der Waals surface area contributed by atoms with Gasteiger partial charge in [-0.2, -0.15) is 0 Å². The Hall–Kier alpha value is -1.95. The van der Waals surface area contributed by atoms with Crippen molar-refractivity contribution in [3.8, 4) is 0 Å². The number of carbonyl (C=O) groups excluding carboxylic acids is 1. The Balaban J connectivity index is 1.84. The lowest BCUT2D eigenvalue weighted by molar-refractivity contribution is -0.157. The Kier molecular flexibility index (Phi) is 3.17. The number of ether oxygens (including phenoxy) is 1. The van der Waals surface area contributed by atoms with E-state index in [1.54, 1.807) is 29.4 Å². The van der Waals surface area contributed by atoms with Gasteiger partial charge in [0.2, 0.25) is 0 Å². The Morgan fingerprint density at radius 3 is 2.80 bits per heavy atom. The van der Waals surface area contributed by atoms with Crippen molar-refractivity contribution in [1.29, 1.82) is 0 Å². The highest BCUT2D eigenvalue weighted by Crippen LogP contribution is 2.42. The second-order valence-corrected chi connectivity index (χ2v) is 5.40. The van der Waals surface area contributed by atoms with Gasteiger partial charge < -0.3 is 14.7 Å². The van der Waals surface area contributed by atoms with Gasteiger partial charge in [-0.3, -0.25) is 14.6 Å². The maximum atomic E-state index is 12.4. The minimum atomic E-state index is -0.846. The quantitative estimate of drug-likeness (QED) is 0.857. The van der Waals surface area contributed by atoms with Gasteiger partial charge in [0.05, 0.1) is 12.0 Å². The Labute approximate surface area is 116 Å². The molecule has 1 aromatic heterocycles. The van der Waals surface area contributed by atoms with E-state index in [-0.39, 0.29) is 18.4 Å². The summed E-state index contributed by atoms with van der Waals surface area (Å²) < 4.78 is 5.38. The van der Waals surface area contributed by atoms with Crippen LogP contribution in [0.25, 0.3) is 0 Å². The van der Waals surface area contributed by atoms with Gasteiger partial charge in [0.25, 0.3) is 5.91 Å². The molecule has 0 aliphatic carbocycles. The van der Waals surface area contributed by atoms with Crippen molar-refractivity contribution in [1.82, 2.24) is 9.88 Å². The maximum absolute atomic E-state index is 12.4. The van der Waals surface area contributed by atoms with Crippen LogP contribution in [0.2, 0.25) is 0 Å². The molecule has 1 amide bonds. The van der Waals surface area contributed by atoms with Crippen LogP contribution >= 0.6 is 0 Å². The summed E-state index contributed by atoms with van der Waals surface area (Å²) in [7, 11) is 0.